The van der Waals surface area contributed by atoms with E-state index in [0.717, 1.165) is 41.6 Å². The van der Waals surface area contributed by atoms with Crippen LogP contribution in [0.5, 0.6) is 5.75 Å². The molecule has 172 valence electrons. The molecule has 0 fully saturated rings. The molecule has 0 amide bonds. The molecule has 1 N–H and O–H groups in total. The quantitative estimate of drug-likeness (QED) is 0.358. The fourth-order valence-electron chi connectivity index (χ4n) is 4.86. The number of carbonyl (C=O) groups is 1. The van der Waals surface area contributed by atoms with Gasteiger partial charge in [0.15, 0.2) is 0 Å². The van der Waals surface area contributed by atoms with Gasteiger partial charge >= 0.3 is 5.97 Å². The van der Waals surface area contributed by atoms with Crippen molar-refractivity contribution in [1.29, 1.82) is 0 Å². The van der Waals surface area contributed by atoms with Gasteiger partial charge in [0.05, 0.1) is 24.8 Å². The lowest BCUT2D eigenvalue weighted by Crippen LogP contribution is -2.06. The first-order chi connectivity index (χ1) is 16.6. The number of methoxy groups -OCH3 is 1. The number of carbonyl (C=O) groups excluding carboxylic acids is 1. The Balaban J connectivity index is 1.74. The zero-order valence-corrected chi connectivity index (χ0v) is 19.8. The van der Waals surface area contributed by atoms with Crippen LogP contribution >= 0.6 is 0 Å². The van der Waals surface area contributed by atoms with Gasteiger partial charge in [0.1, 0.15) is 5.75 Å². The summed E-state index contributed by atoms with van der Waals surface area (Å²) in [7, 11) is 1.71. The van der Waals surface area contributed by atoms with Crippen molar-refractivity contribution in [2.75, 3.05) is 13.7 Å². The van der Waals surface area contributed by atoms with Crippen molar-refractivity contribution < 1.29 is 14.3 Å². The highest BCUT2D eigenvalue weighted by Crippen LogP contribution is 2.42. The molecule has 0 bridgehead atoms. The SMILES string of the molecule is CCOC(=O)c1nc2ccc(C3=C(c4ccccc4C)CCCc4cc(OC)ccc43)cc2[nH]1. The van der Waals surface area contributed by atoms with Crippen LogP contribution in [-0.2, 0) is 11.2 Å². The Morgan fingerprint density at radius 2 is 1.88 bits per heavy atom. The van der Waals surface area contributed by atoms with Gasteiger partial charge in [0.2, 0.25) is 5.82 Å². The number of benzene rings is 3. The normalized spacial score (nSPS) is 13.5. The van der Waals surface area contributed by atoms with E-state index in [1.165, 1.54) is 33.4 Å². The fraction of sp³-hybridized carbons (Fsp3) is 0.241. The monoisotopic (exact) mass is 452 g/mol. The maximum absolute atomic E-state index is 12.2. The number of rotatable bonds is 5. The number of nitrogens with one attached hydrogen (secondary N) is 1. The number of allylic oxidation sites excluding steroid dienone is 1. The van der Waals surface area contributed by atoms with E-state index in [4.69, 9.17) is 9.47 Å². The van der Waals surface area contributed by atoms with Crippen LogP contribution in [0.2, 0.25) is 0 Å². The largest absolute Gasteiger partial charge is 0.497 e. The highest BCUT2D eigenvalue weighted by Gasteiger charge is 2.22. The van der Waals surface area contributed by atoms with Crippen molar-refractivity contribution in [2.24, 2.45) is 0 Å². The first kappa shape index (κ1) is 22.0. The van der Waals surface area contributed by atoms with Crippen molar-refractivity contribution in [3.63, 3.8) is 0 Å². The first-order valence-electron chi connectivity index (χ1n) is 11.7. The smallest absolute Gasteiger partial charge is 0.374 e. The standard InChI is InChI=1S/C29H28N2O3/c1-4-34-29(32)28-30-25-15-12-20(17-26(25)31-28)27-23-14-13-21(33-3)16-19(23)9-7-11-24(27)22-10-6-5-8-18(22)2/h5-6,8,10,12-17H,4,7,9,11H2,1-3H3,(H,30,31). The summed E-state index contributed by atoms with van der Waals surface area (Å²) in [4.78, 5) is 19.8. The van der Waals surface area contributed by atoms with Gasteiger partial charge in [-0.25, -0.2) is 9.78 Å². The van der Waals surface area contributed by atoms with Gasteiger partial charge in [-0.2, -0.15) is 0 Å². The van der Waals surface area contributed by atoms with Crippen LogP contribution in [0.3, 0.4) is 0 Å². The molecular formula is C29H28N2O3. The van der Waals surface area contributed by atoms with Crippen LogP contribution in [0.15, 0.2) is 60.7 Å². The Kier molecular flexibility index (Phi) is 5.93. The van der Waals surface area contributed by atoms with Crippen LogP contribution in [0.4, 0.5) is 0 Å². The number of ether oxygens (including phenoxy) is 2. The molecule has 0 aliphatic heterocycles. The second-order valence-electron chi connectivity index (χ2n) is 8.58. The molecule has 0 saturated heterocycles. The van der Waals surface area contributed by atoms with E-state index in [-0.39, 0.29) is 5.82 Å². The first-order valence-corrected chi connectivity index (χ1v) is 11.7. The number of aryl methyl sites for hydroxylation is 2. The van der Waals surface area contributed by atoms with E-state index in [0.29, 0.717) is 6.61 Å². The zero-order valence-electron chi connectivity index (χ0n) is 19.8. The van der Waals surface area contributed by atoms with Crippen LogP contribution in [0, 0.1) is 6.92 Å². The van der Waals surface area contributed by atoms with Crippen molar-refractivity contribution >= 4 is 28.1 Å². The summed E-state index contributed by atoms with van der Waals surface area (Å²) >= 11 is 0. The third-order valence-electron chi connectivity index (χ3n) is 6.47. The molecular weight excluding hydrogens is 424 g/mol. The van der Waals surface area contributed by atoms with Crippen molar-refractivity contribution in [3.8, 4) is 5.75 Å². The molecule has 34 heavy (non-hydrogen) atoms. The number of fused-ring (bicyclic) bond motifs is 2. The minimum Gasteiger partial charge on any atom is -0.497 e. The van der Waals surface area contributed by atoms with Crippen molar-refractivity contribution in [1.82, 2.24) is 9.97 Å². The van der Waals surface area contributed by atoms with Crippen molar-refractivity contribution in [2.45, 2.75) is 33.1 Å². The third kappa shape index (κ3) is 3.98. The second kappa shape index (κ2) is 9.18. The maximum atomic E-state index is 12.2. The molecule has 5 nitrogen and oxygen atoms in total. The molecule has 1 aliphatic carbocycles. The minimum atomic E-state index is -0.438. The van der Waals surface area contributed by atoms with Crippen LogP contribution in [0.25, 0.3) is 22.2 Å². The lowest BCUT2D eigenvalue weighted by atomic mass is 9.86. The summed E-state index contributed by atoms with van der Waals surface area (Å²) in [6.45, 7) is 4.27. The van der Waals surface area contributed by atoms with Gasteiger partial charge in [-0.15, -0.1) is 0 Å². The summed E-state index contributed by atoms with van der Waals surface area (Å²) < 4.78 is 10.6. The molecule has 5 rings (SSSR count). The Morgan fingerprint density at radius 1 is 1.03 bits per heavy atom. The molecule has 1 aliphatic rings. The number of esters is 1. The molecule has 1 heterocycles. The number of nitrogens with zero attached hydrogens (tertiary/aromatic N) is 1. The van der Waals surface area contributed by atoms with Crippen molar-refractivity contribution in [3.05, 3.63) is 94.3 Å². The second-order valence-corrected chi connectivity index (χ2v) is 8.58. The average molecular weight is 453 g/mol. The van der Waals surface area contributed by atoms with Gasteiger partial charge in [0, 0.05) is 0 Å². The average Bonchev–Trinajstić information content (AvgIpc) is 3.19. The van der Waals surface area contributed by atoms with Gasteiger partial charge in [0.25, 0.3) is 0 Å². The van der Waals surface area contributed by atoms with Gasteiger partial charge in [-0.1, -0.05) is 36.4 Å². The van der Waals surface area contributed by atoms with Gasteiger partial charge < -0.3 is 14.5 Å². The Hall–Kier alpha value is -3.86. The molecule has 0 atom stereocenters. The summed E-state index contributed by atoms with van der Waals surface area (Å²) in [5.41, 5.74) is 10.3. The summed E-state index contributed by atoms with van der Waals surface area (Å²) in [6.07, 6.45) is 3.03. The maximum Gasteiger partial charge on any atom is 0.374 e. The van der Waals surface area contributed by atoms with Crippen LogP contribution < -0.4 is 4.74 Å². The van der Waals surface area contributed by atoms with Crippen LogP contribution in [0.1, 0.15) is 58.2 Å². The predicted octanol–water partition coefficient (Wildman–Crippen LogP) is 6.35. The topological polar surface area (TPSA) is 64.2 Å². The zero-order chi connectivity index (χ0) is 23.7. The molecule has 3 aromatic carbocycles. The number of imidazole rings is 1. The molecule has 0 radical (unpaired) electrons. The molecule has 0 saturated carbocycles. The minimum absolute atomic E-state index is 0.230. The predicted molar refractivity (Wildman–Crippen MR) is 135 cm³/mol. The number of hydrogen-bond acceptors (Lipinski definition) is 4. The number of aromatic nitrogens is 2. The van der Waals surface area contributed by atoms with E-state index in [2.05, 4.69) is 65.4 Å². The fourth-order valence-corrected chi connectivity index (χ4v) is 4.86. The molecule has 5 heteroatoms. The Bertz CT molecular complexity index is 1410. The lowest BCUT2D eigenvalue weighted by molar-refractivity contribution is 0.0513. The van der Waals surface area contributed by atoms with E-state index in [9.17, 15) is 4.79 Å². The van der Waals surface area contributed by atoms with Gasteiger partial charge in [-0.3, -0.25) is 0 Å². The molecule has 0 spiro atoms. The Morgan fingerprint density at radius 3 is 2.68 bits per heavy atom. The third-order valence-corrected chi connectivity index (χ3v) is 6.47. The van der Waals surface area contributed by atoms with Crippen LogP contribution in [-0.4, -0.2) is 29.7 Å². The number of aromatic amines is 1. The number of H-pyrrole nitrogens is 1. The molecule has 0 unspecified atom stereocenters. The number of hydrogen-bond donors (Lipinski definition) is 1. The molecule has 4 aromatic rings. The van der Waals surface area contributed by atoms with E-state index < -0.39 is 5.97 Å². The van der Waals surface area contributed by atoms with Gasteiger partial charge in [-0.05, 0) is 96.3 Å². The summed E-state index contributed by atoms with van der Waals surface area (Å²) in [5, 5.41) is 0. The lowest BCUT2D eigenvalue weighted by Gasteiger charge is -2.18. The summed E-state index contributed by atoms with van der Waals surface area (Å²) in [5.74, 6) is 0.667. The van der Waals surface area contributed by atoms with E-state index in [1.807, 2.05) is 12.1 Å². The highest BCUT2D eigenvalue weighted by molar-refractivity contribution is 6.02. The highest BCUT2D eigenvalue weighted by atomic mass is 16.5. The van der Waals surface area contributed by atoms with E-state index in [1.54, 1.807) is 14.0 Å². The Labute approximate surface area is 199 Å². The summed E-state index contributed by atoms with van der Waals surface area (Å²) in [6, 6.07) is 21.1. The van der Waals surface area contributed by atoms with E-state index >= 15 is 0 Å². The molecule has 1 aromatic heterocycles.